The van der Waals surface area contributed by atoms with Crippen LogP contribution in [0.5, 0.6) is 5.75 Å². The normalized spacial score (nSPS) is 11.6. The highest BCUT2D eigenvalue weighted by Crippen LogP contribution is 2.17. The highest BCUT2D eigenvalue weighted by Gasteiger charge is 2.26. The number of amides is 3. The van der Waals surface area contributed by atoms with Gasteiger partial charge in [-0.25, -0.2) is 4.68 Å². The van der Waals surface area contributed by atoms with Gasteiger partial charge >= 0.3 is 0 Å². The predicted molar refractivity (Wildman–Crippen MR) is 118 cm³/mol. The van der Waals surface area contributed by atoms with Crippen LogP contribution in [0.2, 0.25) is 0 Å². The van der Waals surface area contributed by atoms with E-state index in [1.807, 2.05) is 13.0 Å². The molecule has 0 aliphatic carbocycles. The molecule has 1 atom stereocenters. The Hall–Kier alpha value is -4.14. The molecule has 0 saturated carbocycles. The van der Waals surface area contributed by atoms with Crippen molar-refractivity contribution in [3.8, 4) is 11.4 Å². The lowest BCUT2D eigenvalue weighted by Crippen LogP contribution is -2.54. The molecule has 0 aliphatic heterocycles. The van der Waals surface area contributed by atoms with Crippen molar-refractivity contribution < 1.29 is 19.5 Å². The Kier molecular flexibility index (Phi) is 6.89. The van der Waals surface area contributed by atoms with Crippen molar-refractivity contribution in [1.29, 1.82) is 0 Å². The van der Waals surface area contributed by atoms with E-state index in [1.54, 1.807) is 62.4 Å². The van der Waals surface area contributed by atoms with Crippen molar-refractivity contribution in [1.82, 2.24) is 25.9 Å². The van der Waals surface area contributed by atoms with E-state index in [1.165, 1.54) is 10.9 Å². The Labute approximate surface area is 185 Å². The summed E-state index contributed by atoms with van der Waals surface area (Å²) in [7, 11) is 0. The summed E-state index contributed by atoms with van der Waals surface area (Å²) in [6.45, 7) is 5.46. The number of nitrogens with one attached hydrogen (secondary N) is 3. The number of benzene rings is 2. The number of rotatable bonds is 6. The van der Waals surface area contributed by atoms with Crippen LogP contribution in [0.1, 0.15) is 40.3 Å². The Balaban J connectivity index is 1.64. The molecule has 32 heavy (non-hydrogen) atoms. The first-order chi connectivity index (χ1) is 15.3. The minimum Gasteiger partial charge on any atom is -0.504 e. The Morgan fingerprint density at radius 2 is 1.59 bits per heavy atom. The predicted octanol–water partition coefficient (Wildman–Crippen LogP) is 2.10. The molecule has 2 aromatic carbocycles. The third-order valence-corrected chi connectivity index (χ3v) is 4.78. The van der Waals surface area contributed by atoms with E-state index >= 15 is 0 Å². The van der Waals surface area contributed by atoms with Crippen LogP contribution in [0, 0.1) is 12.8 Å². The highest BCUT2D eigenvalue weighted by atomic mass is 16.3. The third-order valence-electron chi connectivity index (χ3n) is 4.78. The highest BCUT2D eigenvalue weighted by molar-refractivity contribution is 5.99. The maximum Gasteiger partial charge on any atom is 0.294 e. The third kappa shape index (κ3) is 5.31. The maximum absolute atomic E-state index is 12.6. The van der Waals surface area contributed by atoms with Crippen LogP contribution in [-0.4, -0.2) is 38.7 Å². The fourth-order valence-corrected chi connectivity index (χ4v) is 2.96. The van der Waals surface area contributed by atoms with Crippen molar-refractivity contribution in [3.63, 3.8) is 0 Å². The molecule has 0 unspecified atom stereocenters. The number of hydrogen-bond donors (Lipinski definition) is 4. The Morgan fingerprint density at radius 1 is 0.938 bits per heavy atom. The summed E-state index contributed by atoms with van der Waals surface area (Å²) < 4.78 is 1.35. The number of hydrogen-bond acceptors (Lipinski definition) is 5. The second-order valence-electron chi connectivity index (χ2n) is 7.65. The lowest BCUT2D eigenvalue weighted by atomic mass is 10.0. The molecule has 9 nitrogen and oxygen atoms in total. The van der Waals surface area contributed by atoms with Crippen LogP contribution < -0.4 is 16.2 Å². The van der Waals surface area contributed by atoms with Gasteiger partial charge < -0.3 is 10.4 Å². The van der Waals surface area contributed by atoms with Gasteiger partial charge in [0.15, 0.2) is 11.4 Å². The molecule has 0 spiro atoms. The van der Waals surface area contributed by atoms with E-state index in [9.17, 15) is 19.5 Å². The fraction of sp³-hybridized carbons (Fsp3) is 0.217. The monoisotopic (exact) mass is 435 g/mol. The first-order valence-electron chi connectivity index (χ1n) is 10.1. The number of para-hydroxylation sites is 1. The van der Waals surface area contributed by atoms with Gasteiger partial charge in [-0.05, 0) is 37.1 Å². The zero-order valence-corrected chi connectivity index (χ0v) is 18.0. The lowest BCUT2D eigenvalue weighted by Gasteiger charge is -2.21. The van der Waals surface area contributed by atoms with Crippen molar-refractivity contribution in [3.05, 3.63) is 77.6 Å². The number of carbonyl (C=O) groups excluding carboxylic acids is 3. The minimum absolute atomic E-state index is 0.244. The molecule has 0 fully saturated rings. The van der Waals surface area contributed by atoms with Crippen molar-refractivity contribution in [2.24, 2.45) is 5.92 Å². The van der Waals surface area contributed by atoms with Gasteiger partial charge in [0.1, 0.15) is 6.04 Å². The number of aromatic hydroxyl groups is 1. The molecule has 9 heteroatoms. The molecule has 0 radical (unpaired) electrons. The molecule has 1 aromatic heterocycles. The zero-order chi connectivity index (χ0) is 23.3. The molecule has 166 valence electrons. The second kappa shape index (κ2) is 9.78. The SMILES string of the molecule is Cc1ccc(C(=O)N[C@H](C(=O)NNC(=O)c2nn(-c3ccccc3)cc2O)C(C)C)cc1. The maximum atomic E-state index is 12.6. The molecule has 3 amide bonds. The van der Waals surface area contributed by atoms with Gasteiger partial charge in [0.2, 0.25) is 0 Å². The van der Waals surface area contributed by atoms with E-state index in [2.05, 4.69) is 21.3 Å². The van der Waals surface area contributed by atoms with Crippen LogP contribution in [0.25, 0.3) is 5.69 Å². The van der Waals surface area contributed by atoms with Gasteiger partial charge in [-0.1, -0.05) is 49.7 Å². The first kappa shape index (κ1) is 22.5. The number of carbonyl (C=O) groups is 3. The molecule has 3 rings (SSSR count). The van der Waals surface area contributed by atoms with Gasteiger partial charge in [-0.3, -0.25) is 25.2 Å². The number of aryl methyl sites for hydroxylation is 1. The quantitative estimate of drug-likeness (QED) is 0.441. The van der Waals surface area contributed by atoms with Gasteiger partial charge in [0, 0.05) is 5.56 Å². The molecule has 0 bridgehead atoms. The van der Waals surface area contributed by atoms with Crippen LogP contribution in [0.4, 0.5) is 0 Å². The first-order valence-corrected chi connectivity index (χ1v) is 10.1. The number of nitrogens with zero attached hydrogens (tertiary/aromatic N) is 2. The summed E-state index contributed by atoms with van der Waals surface area (Å²) in [5, 5.41) is 16.8. The molecular formula is C23H25N5O4. The molecule has 1 heterocycles. The van der Waals surface area contributed by atoms with Crippen LogP contribution in [-0.2, 0) is 4.79 Å². The van der Waals surface area contributed by atoms with Gasteiger partial charge in [-0.2, -0.15) is 5.10 Å². The number of hydrazine groups is 1. The topological polar surface area (TPSA) is 125 Å². The van der Waals surface area contributed by atoms with Crippen molar-refractivity contribution >= 4 is 17.7 Å². The average molecular weight is 435 g/mol. The van der Waals surface area contributed by atoms with E-state index in [-0.39, 0.29) is 17.4 Å². The standard InChI is InChI=1S/C23H25N5O4/c1-14(2)19(24-21(30)16-11-9-15(3)10-12-16)22(31)25-26-23(32)20-18(29)13-28(27-20)17-7-5-4-6-8-17/h4-14,19,29H,1-3H3,(H,24,30)(H,25,31)(H,26,32)/t19-/m0/s1. The molecule has 0 saturated heterocycles. The lowest BCUT2D eigenvalue weighted by molar-refractivity contribution is -0.124. The summed E-state index contributed by atoms with van der Waals surface area (Å²) in [6, 6.07) is 15.0. The minimum atomic E-state index is -0.889. The van der Waals surface area contributed by atoms with Crippen molar-refractivity contribution in [2.45, 2.75) is 26.8 Å². The molecule has 3 aromatic rings. The smallest absolute Gasteiger partial charge is 0.294 e. The largest absolute Gasteiger partial charge is 0.504 e. The fourth-order valence-electron chi connectivity index (χ4n) is 2.96. The van der Waals surface area contributed by atoms with E-state index < -0.39 is 23.8 Å². The molecule has 0 aliphatic rings. The summed E-state index contributed by atoms with van der Waals surface area (Å²) >= 11 is 0. The van der Waals surface area contributed by atoms with Crippen LogP contribution in [0.3, 0.4) is 0 Å². The van der Waals surface area contributed by atoms with Gasteiger partial charge in [-0.15, -0.1) is 0 Å². The summed E-state index contributed by atoms with van der Waals surface area (Å²) in [5.74, 6) is -2.38. The number of aromatic nitrogens is 2. The second-order valence-corrected chi connectivity index (χ2v) is 7.65. The van der Waals surface area contributed by atoms with E-state index in [4.69, 9.17) is 0 Å². The summed E-state index contributed by atoms with van der Waals surface area (Å²) in [6.07, 6.45) is 1.30. The Bertz CT molecular complexity index is 1110. The van der Waals surface area contributed by atoms with Gasteiger partial charge in [0.05, 0.1) is 11.9 Å². The van der Waals surface area contributed by atoms with Gasteiger partial charge in [0.25, 0.3) is 17.7 Å². The zero-order valence-electron chi connectivity index (χ0n) is 18.0. The molecular weight excluding hydrogens is 410 g/mol. The van der Waals surface area contributed by atoms with Crippen LogP contribution in [0.15, 0.2) is 60.8 Å². The van der Waals surface area contributed by atoms with Crippen molar-refractivity contribution in [2.75, 3.05) is 0 Å². The van der Waals surface area contributed by atoms with E-state index in [0.717, 1.165) is 5.56 Å². The average Bonchev–Trinajstić information content (AvgIpc) is 3.18. The summed E-state index contributed by atoms with van der Waals surface area (Å²) in [5.41, 5.74) is 6.37. The Morgan fingerprint density at radius 3 is 2.22 bits per heavy atom. The van der Waals surface area contributed by atoms with E-state index in [0.29, 0.717) is 11.3 Å². The van der Waals surface area contributed by atoms with Crippen LogP contribution >= 0.6 is 0 Å². The summed E-state index contributed by atoms with van der Waals surface area (Å²) in [4.78, 5) is 37.6. The molecule has 4 N–H and O–H groups in total.